The van der Waals surface area contributed by atoms with Gasteiger partial charge in [0.1, 0.15) is 6.61 Å². The first-order valence-corrected chi connectivity index (χ1v) is 15.4. The number of aliphatic carboxylic acids is 1. The Balaban J connectivity index is 1.63. The predicted molar refractivity (Wildman–Crippen MR) is 153 cm³/mol. The third-order valence-electron chi connectivity index (χ3n) is 5.79. The highest BCUT2D eigenvalue weighted by Crippen LogP contribution is 2.13. The molecule has 14 heteroatoms. The van der Waals surface area contributed by atoms with E-state index in [1.54, 1.807) is 0 Å². The van der Waals surface area contributed by atoms with Gasteiger partial charge in [0.05, 0.1) is 112 Å². The molecule has 254 valence electrons. The Bertz CT molecular complexity index is 618. The van der Waals surface area contributed by atoms with Gasteiger partial charge in [-0.1, -0.05) is 0 Å². The Hall–Kier alpha value is -1.46. The lowest BCUT2D eigenvalue weighted by atomic mass is 10.2. The predicted octanol–water partition coefficient (Wildman–Crippen LogP) is 1.85. The van der Waals surface area contributed by atoms with Crippen LogP contribution in [-0.4, -0.2) is 149 Å². The zero-order valence-corrected chi connectivity index (χ0v) is 25.7. The lowest BCUT2D eigenvalue weighted by Crippen LogP contribution is -2.24. The van der Waals surface area contributed by atoms with Crippen molar-refractivity contribution in [2.24, 2.45) is 0 Å². The molecule has 1 N–H and O–H groups in total. The highest BCUT2D eigenvalue weighted by molar-refractivity contribution is 5.69. The molecule has 1 aliphatic heterocycles. The van der Waals surface area contributed by atoms with E-state index in [0.717, 1.165) is 25.9 Å². The molecule has 0 radical (unpaired) electrons. The maximum Gasteiger partial charge on any atom is 0.305 e. The third-order valence-corrected chi connectivity index (χ3v) is 5.79. The Morgan fingerprint density at radius 1 is 0.535 bits per heavy atom. The first-order chi connectivity index (χ1) is 21.2. The van der Waals surface area contributed by atoms with Crippen LogP contribution in [0, 0.1) is 0 Å². The number of hydrogen-bond acceptors (Lipinski definition) is 13. The molecule has 0 aromatic rings. The number of carbonyl (C=O) groups is 2. The highest BCUT2D eigenvalue weighted by atomic mass is 16.7. The van der Waals surface area contributed by atoms with E-state index in [0.29, 0.717) is 119 Å². The van der Waals surface area contributed by atoms with Crippen molar-refractivity contribution in [2.45, 2.75) is 51.2 Å². The molecule has 0 saturated carbocycles. The van der Waals surface area contributed by atoms with Crippen LogP contribution in [0.1, 0.15) is 44.9 Å². The highest BCUT2D eigenvalue weighted by Gasteiger charge is 2.13. The zero-order chi connectivity index (χ0) is 30.9. The minimum absolute atomic E-state index is 0.0623. The van der Waals surface area contributed by atoms with Crippen molar-refractivity contribution in [3.63, 3.8) is 0 Å². The molecule has 43 heavy (non-hydrogen) atoms. The van der Waals surface area contributed by atoms with Crippen LogP contribution < -0.4 is 0 Å². The smallest absolute Gasteiger partial charge is 0.305 e. The second-order valence-electron chi connectivity index (χ2n) is 9.39. The second kappa shape index (κ2) is 31.9. The summed E-state index contributed by atoms with van der Waals surface area (Å²) in [6.07, 6.45) is 4.41. The summed E-state index contributed by atoms with van der Waals surface area (Å²) in [6, 6.07) is 0. The Labute approximate surface area is 255 Å². The fraction of sp³-hybridized carbons (Fsp3) is 0.931. The monoisotopic (exact) mass is 626 g/mol. The van der Waals surface area contributed by atoms with Crippen molar-refractivity contribution in [2.75, 3.05) is 126 Å². The van der Waals surface area contributed by atoms with Gasteiger partial charge in [-0.3, -0.25) is 9.59 Å². The minimum Gasteiger partial charge on any atom is -0.481 e. The summed E-state index contributed by atoms with van der Waals surface area (Å²) in [5.74, 6) is -1.21. The van der Waals surface area contributed by atoms with E-state index in [1.165, 1.54) is 0 Å². The van der Waals surface area contributed by atoms with Crippen LogP contribution in [0.3, 0.4) is 0 Å². The number of carbonyl (C=O) groups excluding carboxylic acids is 1. The van der Waals surface area contributed by atoms with Gasteiger partial charge < -0.3 is 57.2 Å². The summed E-state index contributed by atoms with van der Waals surface area (Å²) in [4.78, 5) is 21.9. The van der Waals surface area contributed by atoms with Crippen LogP contribution in [0.15, 0.2) is 0 Å². The molecule has 1 atom stereocenters. The molecule has 1 unspecified atom stereocenters. The molecule has 0 spiro atoms. The Kier molecular flexibility index (Phi) is 29.4. The number of carboxylic acid groups (broad SMARTS) is 1. The molecular weight excluding hydrogens is 572 g/mol. The van der Waals surface area contributed by atoms with Crippen molar-refractivity contribution in [3.05, 3.63) is 0 Å². The van der Waals surface area contributed by atoms with E-state index >= 15 is 0 Å². The number of unbranched alkanes of at least 4 members (excludes halogenated alkanes) is 1. The molecule has 1 saturated heterocycles. The van der Waals surface area contributed by atoms with Crippen molar-refractivity contribution in [3.8, 4) is 0 Å². The number of ether oxygens (including phenoxy) is 11. The van der Waals surface area contributed by atoms with Crippen LogP contribution in [0.5, 0.6) is 0 Å². The first-order valence-electron chi connectivity index (χ1n) is 15.4. The van der Waals surface area contributed by atoms with E-state index in [1.807, 2.05) is 0 Å². The summed E-state index contributed by atoms with van der Waals surface area (Å²) in [7, 11) is 0. The summed E-state index contributed by atoms with van der Waals surface area (Å²) in [5.41, 5.74) is 0. The van der Waals surface area contributed by atoms with Gasteiger partial charge in [0, 0.05) is 19.4 Å². The molecule has 1 aliphatic rings. The fourth-order valence-corrected chi connectivity index (χ4v) is 3.55. The van der Waals surface area contributed by atoms with Gasteiger partial charge in [-0.05, 0) is 32.1 Å². The minimum atomic E-state index is -0.861. The zero-order valence-electron chi connectivity index (χ0n) is 25.7. The lowest BCUT2D eigenvalue weighted by Gasteiger charge is -2.22. The standard InChI is InChI=1S/C29H54O14/c30-27(31)5-1-2-6-28(32)41-25-23-39-21-19-37-17-15-35-13-11-33-9-10-34-12-14-36-16-18-38-20-22-40-24-26-43-29-7-3-4-8-42-29/h29H,1-26H2,(H,30,31). The molecule has 1 rings (SSSR count). The second-order valence-corrected chi connectivity index (χ2v) is 9.39. The average Bonchev–Trinajstić information content (AvgIpc) is 3.01. The van der Waals surface area contributed by atoms with Crippen LogP contribution in [0.25, 0.3) is 0 Å². The summed E-state index contributed by atoms with van der Waals surface area (Å²) in [6.45, 7) is 9.00. The SMILES string of the molecule is O=C(O)CCCCC(=O)OCCOCCOCCOCCOCCOCCOCCOCCOCCOC1CCCCO1. The summed E-state index contributed by atoms with van der Waals surface area (Å²) >= 11 is 0. The largest absolute Gasteiger partial charge is 0.481 e. The normalized spacial score (nSPS) is 15.1. The third kappa shape index (κ3) is 30.4. The van der Waals surface area contributed by atoms with Gasteiger partial charge in [0.2, 0.25) is 0 Å². The fourth-order valence-electron chi connectivity index (χ4n) is 3.55. The quantitative estimate of drug-likeness (QED) is 0.0832. The number of carboxylic acids is 1. The Morgan fingerprint density at radius 3 is 1.33 bits per heavy atom. The van der Waals surface area contributed by atoms with E-state index in [-0.39, 0.29) is 38.3 Å². The van der Waals surface area contributed by atoms with E-state index in [2.05, 4.69) is 0 Å². The number of hydrogen-bond donors (Lipinski definition) is 1. The molecule has 0 aromatic heterocycles. The van der Waals surface area contributed by atoms with Crippen LogP contribution >= 0.6 is 0 Å². The molecule has 0 aromatic carbocycles. The van der Waals surface area contributed by atoms with E-state index in [9.17, 15) is 9.59 Å². The van der Waals surface area contributed by atoms with E-state index < -0.39 is 5.97 Å². The first kappa shape index (κ1) is 39.6. The molecule has 0 amide bonds. The van der Waals surface area contributed by atoms with Gasteiger partial charge in [0.25, 0.3) is 0 Å². The maximum atomic E-state index is 11.5. The molecule has 0 bridgehead atoms. The number of rotatable bonds is 33. The molecular formula is C29H54O14. The topological polar surface area (TPSA) is 156 Å². The maximum absolute atomic E-state index is 11.5. The van der Waals surface area contributed by atoms with Crippen LogP contribution in [0.2, 0.25) is 0 Å². The van der Waals surface area contributed by atoms with Crippen LogP contribution in [0.4, 0.5) is 0 Å². The van der Waals surface area contributed by atoms with Crippen molar-refractivity contribution >= 4 is 11.9 Å². The number of esters is 1. The molecule has 0 aliphatic carbocycles. The Morgan fingerprint density at radius 2 is 0.930 bits per heavy atom. The van der Waals surface area contributed by atoms with Crippen LogP contribution in [-0.2, 0) is 61.7 Å². The van der Waals surface area contributed by atoms with Gasteiger partial charge in [-0.2, -0.15) is 0 Å². The summed E-state index contributed by atoms with van der Waals surface area (Å²) in [5, 5.41) is 8.54. The van der Waals surface area contributed by atoms with Gasteiger partial charge >= 0.3 is 11.9 Å². The molecule has 1 heterocycles. The lowest BCUT2D eigenvalue weighted by molar-refractivity contribution is -0.169. The van der Waals surface area contributed by atoms with Gasteiger partial charge in [0.15, 0.2) is 6.29 Å². The molecule has 1 fully saturated rings. The van der Waals surface area contributed by atoms with Gasteiger partial charge in [-0.15, -0.1) is 0 Å². The summed E-state index contributed by atoms with van der Waals surface area (Å²) < 4.78 is 59.6. The van der Waals surface area contributed by atoms with Crippen molar-refractivity contribution in [1.29, 1.82) is 0 Å². The van der Waals surface area contributed by atoms with Crippen molar-refractivity contribution < 1.29 is 66.8 Å². The van der Waals surface area contributed by atoms with E-state index in [4.69, 9.17) is 57.2 Å². The molecule has 14 nitrogen and oxygen atoms in total. The van der Waals surface area contributed by atoms with Crippen molar-refractivity contribution in [1.82, 2.24) is 0 Å². The average molecular weight is 627 g/mol. The van der Waals surface area contributed by atoms with Gasteiger partial charge in [-0.25, -0.2) is 0 Å².